The van der Waals surface area contributed by atoms with E-state index < -0.39 is 5.97 Å². The predicted molar refractivity (Wildman–Crippen MR) is 167 cm³/mol. The quantitative estimate of drug-likeness (QED) is 0.139. The van der Waals surface area contributed by atoms with Crippen LogP contribution in [0.2, 0.25) is 0 Å². The Morgan fingerprint density at radius 1 is 1.08 bits per heavy atom. The van der Waals surface area contributed by atoms with E-state index in [-0.39, 0.29) is 11.5 Å². The molecule has 0 unspecified atom stereocenters. The molecule has 3 aromatic carbocycles. The van der Waals surface area contributed by atoms with E-state index in [1.165, 1.54) is 11.8 Å². The summed E-state index contributed by atoms with van der Waals surface area (Å²) in [5.74, 6) is -0.314. The lowest BCUT2D eigenvalue weighted by Gasteiger charge is -2.15. The third-order valence-corrected chi connectivity index (χ3v) is 8.04. The van der Waals surface area contributed by atoms with E-state index in [0.717, 1.165) is 29.7 Å². The van der Waals surface area contributed by atoms with Crippen molar-refractivity contribution >= 4 is 85.8 Å². The molecule has 1 heterocycles. The van der Waals surface area contributed by atoms with Gasteiger partial charge >= 0.3 is 5.97 Å². The molecule has 0 aromatic heterocycles. The summed E-state index contributed by atoms with van der Waals surface area (Å²) in [6.07, 6.45) is 1.88. The SMILES string of the molecule is CCOCCN1C(=O)/C(=C/c2cc(I)c(OCc3ccc(C(=O)O)cc3)c(I)c2)SC1=Nc1ccccc1. The number of aliphatic imine (C=N–C) groups is 1. The molecule has 0 saturated carbocycles. The molecule has 0 radical (unpaired) electrons. The van der Waals surface area contributed by atoms with Crippen molar-refractivity contribution in [1.82, 2.24) is 4.90 Å². The molecule has 0 spiro atoms. The maximum atomic E-state index is 13.3. The second-order valence-electron chi connectivity index (χ2n) is 8.10. The number of carbonyl (C=O) groups is 2. The fourth-order valence-corrected chi connectivity index (χ4v) is 6.71. The normalized spacial score (nSPS) is 15.4. The van der Waals surface area contributed by atoms with Crippen LogP contribution in [0.5, 0.6) is 5.75 Å². The first kappa shape index (κ1) is 28.6. The van der Waals surface area contributed by atoms with Gasteiger partial charge in [-0.3, -0.25) is 9.69 Å². The number of rotatable bonds is 10. The van der Waals surface area contributed by atoms with Crippen LogP contribution >= 0.6 is 56.9 Å². The molecule has 1 N–H and O–H groups in total. The molecule has 1 saturated heterocycles. The number of thioether (sulfide) groups is 1. The maximum Gasteiger partial charge on any atom is 0.335 e. The zero-order valence-corrected chi connectivity index (χ0v) is 25.5. The molecule has 38 heavy (non-hydrogen) atoms. The van der Waals surface area contributed by atoms with Crippen molar-refractivity contribution in [2.45, 2.75) is 13.5 Å². The third-order valence-electron chi connectivity index (χ3n) is 5.43. The second kappa shape index (κ2) is 13.6. The molecule has 4 rings (SSSR count). The summed E-state index contributed by atoms with van der Waals surface area (Å²) in [4.78, 5) is 31.3. The van der Waals surface area contributed by atoms with Crippen molar-refractivity contribution in [2.75, 3.05) is 19.8 Å². The first-order valence-corrected chi connectivity index (χ1v) is 14.7. The Morgan fingerprint density at radius 2 is 1.76 bits per heavy atom. The number of nitrogens with zero attached hydrogens (tertiary/aromatic N) is 2. The number of amides is 1. The summed E-state index contributed by atoms with van der Waals surface area (Å²) >= 11 is 5.81. The van der Waals surface area contributed by atoms with Gasteiger partial charge in [-0.15, -0.1) is 0 Å². The molecule has 10 heteroatoms. The van der Waals surface area contributed by atoms with E-state index in [1.807, 2.05) is 55.5 Å². The Kier molecular flexibility index (Phi) is 10.2. The summed E-state index contributed by atoms with van der Waals surface area (Å²) in [6, 6.07) is 20.2. The lowest BCUT2D eigenvalue weighted by Crippen LogP contribution is -2.32. The van der Waals surface area contributed by atoms with Gasteiger partial charge in [-0.2, -0.15) is 0 Å². The van der Waals surface area contributed by atoms with E-state index >= 15 is 0 Å². The lowest BCUT2D eigenvalue weighted by atomic mass is 10.1. The molecule has 1 amide bonds. The highest BCUT2D eigenvalue weighted by molar-refractivity contribution is 14.1. The number of carboxylic acid groups (broad SMARTS) is 1. The van der Waals surface area contributed by atoms with Gasteiger partial charge in [0.15, 0.2) is 5.17 Å². The van der Waals surface area contributed by atoms with Crippen LogP contribution in [0.3, 0.4) is 0 Å². The first-order valence-electron chi connectivity index (χ1n) is 11.7. The summed E-state index contributed by atoms with van der Waals surface area (Å²) in [7, 11) is 0. The standard InChI is InChI=1S/C28H24I2N2O5S/c1-2-36-13-12-32-26(33)24(38-28(32)31-21-6-4-3-5-7-21)16-19-14-22(29)25(23(30)15-19)37-17-18-8-10-20(11-9-18)27(34)35/h3-11,14-16H,2,12-13,17H2,1H3,(H,34,35)/b24-16-,31-28?. The number of hydrogen-bond donors (Lipinski definition) is 1. The highest BCUT2D eigenvalue weighted by atomic mass is 127. The minimum atomic E-state index is -0.957. The van der Waals surface area contributed by atoms with Crippen LogP contribution in [0.15, 0.2) is 76.6 Å². The number of amidine groups is 1. The molecule has 1 aliphatic heterocycles. The number of carboxylic acids is 1. The van der Waals surface area contributed by atoms with Crippen LogP contribution < -0.4 is 4.74 Å². The average Bonchev–Trinajstić information content (AvgIpc) is 3.18. The van der Waals surface area contributed by atoms with Crippen LogP contribution in [0.4, 0.5) is 5.69 Å². The molecule has 196 valence electrons. The molecule has 0 aliphatic carbocycles. The van der Waals surface area contributed by atoms with E-state index in [1.54, 1.807) is 29.2 Å². The summed E-state index contributed by atoms with van der Waals surface area (Å²) in [6.45, 7) is 3.69. The smallest absolute Gasteiger partial charge is 0.335 e. The van der Waals surface area contributed by atoms with Gasteiger partial charge in [0.2, 0.25) is 0 Å². The van der Waals surface area contributed by atoms with Crippen molar-refractivity contribution < 1.29 is 24.2 Å². The number of aromatic carboxylic acids is 1. The minimum Gasteiger partial charge on any atom is -0.487 e. The Labute approximate surface area is 252 Å². The number of para-hydroxylation sites is 1. The van der Waals surface area contributed by atoms with Crippen molar-refractivity contribution in [3.05, 3.63) is 95.5 Å². The highest BCUT2D eigenvalue weighted by Gasteiger charge is 2.33. The van der Waals surface area contributed by atoms with Gasteiger partial charge < -0.3 is 14.6 Å². The van der Waals surface area contributed by atoms with E-state index in [4.69, 9.17) is 19.6 Å². The number of halogens is 2. The topological polar surface area (TPSA) is 88.4 Å². The predicted octanol–water partition coefficient (Wildman–Crippen LogP) is 6.81. The number of hydrogen-bond acceptors (Lipinski definition) is 6. The van der Waals surface area contributed by atoms with Crippen molar-refractivity contribution in [3.63, 3.8) is 0 Å². The molecule has 3 aromatic rings. The van der Waals surface area contributed by atoms with Crippen LogP contribution in [0.25, 0.3) is 6.08 Å². The molecule has 7 nitrogen and oxygen atoms in total. The zero-order valence-electron chi connectivity index (χ0n) is 20.4. The van der Waals surface area contributed by atoms with Gasteiger partial charge in [0, 0.05) is 6.61 Å². The molecule has 0 bridgehead atoms. The molecular formula is C28H24I2N2O5S. The maximum absolute atomic E-state index is 13.3. The highest BCUT2D eigenvalue weighted by Crippen LogP contribution is 2.36. The van der Waals surface area contributed by atoms with Crippen molar-refractivity contribution in [2.24, 2.45) is 4.99 Å². The van der Waals surface area contributed by atoms with E-state index in [0.29, 0.717) is 36.4 Å². The molecular weight excluding hydrogens is 730 g/mol. The van der Waals surface area contributed by atoms with Gasteiger partial charge in [-0.25, -0.2) is 9.79 Å². The first-order chi connectivity index (χ1) is 18.4. The monoisotopic (exact) mass is 754 g/mol. The molecule has 0 atom stereocenters. The van der Waals surface area contributed by atoms with Gasteiger partial charge in [-0.05, 0) is 117 Å². The second-order valence-corrected chi connectivity index (χ2v) is 11.4. The van der Waals surface area contributed by atoms with Gasteiger partial charge in [0.05, 0.1) is 36.4 Å². The zero-order chi connectivity index (χ0) is 27.1. The largest absolute Gasteiger partial charge is 0.487 e. The number of benzene rings is 3. The molecule has 1 aliphatic rings. The Hall–Kier alpha value is -2.42. The number of ether oxygens (including phenoxy) is 2. The van der Waals surface area contributed by atoms with Gasteiger partial charge in [-0.1, -0.05) is 30.3 Å². The van der Waals surface area contributed by atoms with Crippen molar-refractivity contribution in [3.8, 4) is 5.75 Å². The van der Waals surface area contributed by atoms with E-state index in [2.05, 4.69) is 45.2 Å². The minimum absolute atomic E-state index is 0.0977. The van der Waals surface area contributed by atoms with Gasteiger partial charge in [0.25, 0.3) is 5.91 Å². The van der Waals surface area contributed by atoms with Crippen LogP contribution in [0, 0.1) is 7.14 Å². The summed E-state index contributed by atoms with van der Waals surface area (Å²) in [5, 5.41) is 9.70. The van der Waals surface area contributed by atoms with Crippen LogP contribution in [0.1, 0.15) is 28.4 Å². The fourth-order valence-electron chi connectivity index (χ4n) is 3.55. The average molecular weight is 754 g/mol. The Balaban J connectivity index is 1.53. The van der Waals surface area contributed by atoms with Crippen molar-refractivity contribution in [1.29, 1.82) is 0 Å². The van der Waals surface area contributed by atoms with Crippen LogP contribution in [-0.4, -0.2) is 46.8 Å². The number of carbonyl (C=O) groups excluding carboxylic acids is 1. The van der Waals surface area contributed by atoms with E-state index in [9.17, 15) is 9.59 Å². The lowest BCUT2D eigenvalue weighted by molar-refractivity contribution is -0.122. The summed E-state index contributed by atoms with van der Waals surface area (Å²) < 4.78 is 13.4. The van der Waals surface area contributed by atoms with Crippen LogP contribution in [-0.2, 0) is 16.1 Å². The fraction of sp³-hybridized carbons (Fsp3) is 0.179. The Morgan fingerprint density at radius 3 is 2.39 bits per heavy atom. The third kappa shape index (κ3) is 7.36. The molecule has 1 fully saturated rings. The van der Waals surface area contributed by atoms with Gasteiger partial charge in [0.1, 0.15) is 12.4 Å². The summed E-state index contributed by atoms with van der Waals surface area (Å²) in [5.41, 5.74) is 2.79. The Bertz CT molecular complexity index is 1350.